The van der Waals surface area contributed by atoms with E-state index >= 15 is 0 Å². The molecule has 0 bridgehead atoms. The lowest BCUT2D eigenvalue weighted by Crippen LogP contribution is -2.44. The number of hydrogen-bond acceptors (Lipinski definition) is 2. The van der Waals surface area contributed by atoms with Gasteiger partial charge in [-0.2, -0.15) is 8.78 Å². The van der Waals surface area contributed by atoms with Gasteiger partial charge in [0, 0.05) is 19.1 Å². The van der Waals surface area contributed by atoms with Crippen LogP contribution in [-0.2, 0) is 9.53 Å². The van der Waals surface area contributed by atoms with Gasteiger partial charge in [0.15, 0.2) is 6.17 Å². The van der Waals surface area contributed by atoms with Gasteiger partial charge in [-0.25, -0.2) is 9.18 Å². The second-order valence-corrected chi connectivity index (χ2v) is 3.28. The summed E-state index contributed by atoms with van der Waals surface area (Å²) in [5.41, 5.74) is 0. The van der Waals surface area contributed by atoms with Crippen LogP contribution in [0, 0.1) is 5.92 Å². The highest BCUT2D eigenvalue weighted by Crippen LogP contribution is 2.32. The normalized spacial score (nSPS) is 21.9. The van der Waals surface area contributed by atoms with Crippen LogP contribution in [0.1, 0.15) is 12.8 Å². The molecule has 1 fully saturated rings. The zero-order valence-electron chi connectivity index (χ0n) is 7.38. The lowest BCUT2D eigenvalue weighted by atomic mass is 9.91. The molecule has 1 aliphatic heterocycles. The van der Waals surface area contributed by atoms with Crippen molar-refractivity contribution in [2.75, 3.05) is 13.2 Å². The SMILES string of the molecule is O=C(O)C(F)(F)C(F)C1CCOCC1. The molecule has 1 rings (SSSR count). The molecule has 0 spiro atoms. The molecule has 0 aromatic carbocycles. The van der Waals surface area contributed by atoms with E-state index in [1.54, 1.807) is 0 Å². The second kappa shape index (κ2) is 4.16. The third-order valence-electron chi connectivity index (χ3n) is 2.31. The summed E-state index contributed by atoms with van der Waals surface area (Å²) < 4.78 is 43.4. The molecule has 0 aromatic heterocycles. The van der Waals surface area contributed by atoms with Crippen molar-refractivity contribution in [3.05, 3.63) is 0 Å². The van der Waals surface area contributed by atoms with E-state index in [0.717, 1.165) is 0 Å². The Morgan fingerprint density at radius 2 is 1.93 bits per heavy atom. The van der Waals surface area contributed by atoms with Crippen molar-refractivity contribution in [1.82, 2.24) is 0 Å². The fourth-order valence-corrected chi connectivity index (χ4v) is 1.42. The summed E-state index contributed by atoms with van der Waals surface area (Å²) in [6.07, 6.45) is -2.34. The number of ether oxygens (including phenoxy) is 1. The molecule has 6 heteroatoms. The fourth-order valence-electron chi connectivity index (χ4n) is 1.42. The number of hydrogen-bond donors (Lipinski definition) is 1. The first-order valence-electron chi connectivity index (χ1n) is 4.29. The quantitative estimate of drug-likeness (QED) is 0.770. The van der Waals surface area contributed by atoms with E-state index in [1.807, 2.05) is 0 Å². The minimum absolute atomic E-state index is 0.143. The van der Waals surface area contributed by atoms with Gasteiger partial charge < -0.3 is 9.84 Å². The molecule has 0 amide bonds. The van der Waals surface area contributed by atoms with Crippen LogP contribution in [0.2, 0.25) is 0 Å². The van der Waals surface area contributed by atoms with Crippen molar-refractivity contribution in [3.8, 4) is 0 Å². The number of halogens is 3. The predicted octanol–water partition coefficient (Wildman–Crippen LogP) is 1.47. The smallest absolute Gasteiger partial charge is 0.377 e. The maximum absolute atomic E-state index is 13.1. The molecule has 82 valence electrons. The molecular formula is C8H11F3O3. The Hall–Kier alpha value is -0.780. The van der Waals surface area contributed by atoms with E-state index in [4.69, 9.17) is 9.84 Å². The average molecular weight is 212 g/mol. The zero-order chi connectivity index (χ0) is 10.8. The number of rotatable bonds is 3. The highest BCUT2D eigenvalue weighted by molar-refractivity contribution is 5.76. The Labute approximate surface area is 78.9 Å². The van der Waals surface area contributed by atoms with E-state index in [9.17, 15) is 18.0 Å². The molecule has 1 unspecified atom stereocenters. The van der Waals surface area contributed by atoms with Crippen LogP contribution in [0.5, 0.6) is 0 Å². The van der Waals surface area contributed by atoms with Gasteiger partial charge in [0.2, 0.25) is 0 Å². The summed E-state index contributed by atoms with van der Waals surface area (Å²) in [5.74, 6) is -7.62. The minimum atomic E-state index is -4.29. The number of alkyl halides is 3. The maximum atomic E-state index is 13.1. The van der Waals surface area contributed by atoms with E-state index in [-0.39, 0.29) is 26.1 Å². The third kappa shape index (κ3) is 2.17. The average Bonchev–Trinajstić information content (AvgIpc) is 2.17. The molecular weight excluding hydrogens is 201 g/mol. The first kappa shape index (κ1) is 11.3. The van der Waals surface area contributed by atoms with E-state index < -0.39 is 24.0 Å². The predicted molar refractivity (Wildman–Crippen MR) is 41.0 cm³/mol. The van der Waals surface area contributed by atoms with Crippen molar-refractivity contribution in [2.24, 2.45) is 5.92 Å². The van der Waals surface area contributed by atoms with Crippen LogP contribution in [0.15, 0.2) is 0 Å². The van der Waals surface area contributed by atoms with Crippen LogP contribution in [0.4, 0.5) is 13.2 Å². The number of aliphatic carboxylic acids is 1. The topological polar surface area (TPSA) is 46.5 Å². The maximum Gasteiger partial charge on any atom is 0.377 e. The molecule has 0 aliphatic carbocycles. The van der Waals surface area contributed by atoms with E-state index in [2.05, 4.69) is 0 Å². The summed E-state index contributed by atoms with van der Waals surface area (Å²) in [4.78, 5) is 10.1. The third-order valence-corrected chi connectivity index (χ3v) is 2.31. The van der Waals surface area contributed by atoms with Gasteiger partial charge in [-0.3, -0.25) is 0 Å². The Morgan fingerprint density at radius 1 is 1.43 bits per heavy atom. The minimum Gasteiger partial charge on any atom is -0.477 e. The summed E-state index contributed by atoms with van der Waals surface area (Å²) >= 11 is 0. The second-order valence-electron chi connectivity index (χ2n) is 3.28. The van der Waals surface area contributed by atoms with Crippen molar-refractivity contribution in [2.45, 2.75) is 24.9 Å². The highest BCUT2D eigenvalue weighted by Gasteiger charge is 2.51. The van der Waals surface area contributed by atoms with Gasteiger partial charge in [-0.05, 0) is 12.8 Å². The molecule has 1 N–H and O–H groups in total. The fraction of sp³-hybridized carbons (Fsp3) is 0.875. The first-order valence-corrected chi connectivity index (χ1v) is 4.29. The Kier molecular flexibility index (Phi) is 3.36. The molecule has 1 saturated heterocycles. The van der Waals surface area contributed by atoms with Crippen molar-refractivity contribution >= 4 is 5.97 Å². The van der Waals surface area contributed by atoms with Gasteiger partial charge in [-0.15, -0.1) is 0 Å². The van der Waals surface area contributed by atoms with Crippen LogP contribution < -0.4 is 0 Å². The number of carbonyl (C=O) groups is 1. The largest absolute Gasteiger partial charge is 0.477 e. The first-order chi connectivity index (χ1) is 6.46. The zero-order valence-corrected chi connectivity index (χ0v) is 7.38. The molecule has 0 saturated carbocycles. The van der Waals surface area contributed by atoms with Gasteiger partial charge in [-0.1, -0.05) is 0 Å². The lowest BCUT2D eigenvalue weighted by molar-refractivity contribution is -0.181. The number of carboxylic acids is 1. The molecule has 3 nitrogen and oxygen atoms in total. The molecule has 1 aliphatic rings. The number of carboxylic acid groups (broad SMARTS) is 1. The molecule has 14 heavy (non-hydrogen) atoms. The Balaban J connectivity index is 2.62. The van der Waals surface area contributed by atoms with Gasteiger partial charge in [0.25, 0.3) is 0 Å². The van der Waals surface area contributed by atoms with Gasteiger partial charge in [0.05, 0.1) is 0 Å². The van der Waals surface area contributed by atoms with Gasteiger partial charge in [0.1, 0.15) is 0 Å². The summed E-state index contributed by atoms with van der Waals surface area (Å²) in [7, 11) is 0. The van der Waals surface area contributed by atoms with Crippen molar-refractivity contribution < 1.29 is 27.8 Å². The van der Waals surface area contributed by atoms with E-state index in [1.165, 1.54) is 0 Å². The summed E-state index contributed by atoms with van der Waals surface area (Å²) in [6, 6.07) is 0. The van der Waals surface area contributed by atoms with E-state index in [0.29, 0.717) is 0 Å². The standard InChI is InChI=1S/C8H11F3O3/c9-6(8(10,11)7(12)13)5-1-3-14-4-2-5/h5-6H,1-4H2,(H,12,13). The van der Waals surface area contributed by atoms with Gasteiger partial charge >= 0.3 is 11.9 Å². The molecule has 1 heterocycles. The van der Waals surface area contributed by atoms with Crippen molar-refractivity contribution in [3.63, 3.8) is 0 Å². The molecule has 0 aromatic rings. The van der Waals surface area contributed by atoms with Crippen LogP contribution in [-0.4, -0.2) is 36.4 Å². The Morgan fingerprint density at radius 3 is 2.36 bits per heavy atom. The Bertz CT molecular complexity index is 214. The van der Waals surface area contributed by atoms with Crippen LogP contribution in [0.3, 0.4) is 0 Å². The lowest BCUT2D eigenvalue weighted by Gasteiger charge is -2.28. The van der Waals surface area contributed by atoms with Crippen LogP contribution in [0.25, 0.3) is 0 Å². The molecule has 1 atom stereocenters. The summed E-state index contributed by atoms with van der Waals surface area (Å²) in [5, 5.41) is 8.12. The van der Waals surface area contributed by atoms with Crippen LogP contribution >= 0.6 is 0 Å². The molecule has 0 radical (unpaired) electrons. The summed E-state index contributed by atoms with van der Waals surface area (Å²) in [6.45, 7) is 0.418. The monoisotopic (exact) mass is 212 g/mol. The van der Waals surface area contributed by atoms with Crippen molar-refractivity contribution in [1.29, 1.82) is 0 Å². The highest BCUT2D eigenvalue weighted by atomic mass is 19.3.